The van der Waals surface area contributed by atoms with E-state index in [0.717, 1.165) is 0 Å². The van der Waals surface area contributed by atoms with Gasteiger partial charge in [0, 0.05) is 7.05 Å². The second-order valence-electron chi connectivity index (χ2n) is 1.36. The molecule has 4 nitrogen and oxygen atoms in total. The fraction of sp³-hybridized carbons (Fsp3) is 0.600. The predicted molar refractivity (Wildman–Crippen MR) is 33.7 cm³/mol. The Hall–Kier alpha value is -1.08. The number of rotatable bonds is 2. The zero-order chi connectivity index (χ0) is 7.11. The van der Waals surface area contributed by atoms with Crippen molar-refractivity contribution < 1.29 is 4.84 Å². The second kappa shape index (κ2) is 5.06. The van der Waals surface area contributed by atoms with E-state index >= 15 is 0 Å². The summed E-state index contributed by atoms with van der Waals surface area (Å²) in [4.78, 5) is 8.32. The van der Waals surface area contributed by atoms with Crippen molar-refractivity contribution in [1.82, 2.24) is 5.48 Å². The summed E-state index contributed by atoms with van der Waals surface area (Å²) >= 11 is 0. The lowest BCUT2D eigenvalue weighted by molar-refractivity contribution is 0.113. The van der Waals surface area contributed by atoms with Crippen LogP contribution in [0, 0.1) is 11.3 Å². The van der Waals surface area contributed by atoms with Crippen molar-refractivity contribution in [2.45, 2.75) is 6.92 Å². The van der Waals surface area contributed by atoms with Crippen LogP contribution in [0.15, 0.2) is 4.99 Å². The summed E-state index contributed by atoms with van der Waals surface area (Å²) in [5.41, 5.74) is 2.46. The molecule has 0 spiro atoms. The van der Waals surface area contributed by atoms with Gasteiger partial charge in [-0.25, -0.2) is 0 Å². The van der Waals surface area contributed by atoms with Crippen LogP contribution in [0.4, 0.5) is 0 Å². The number of nitriles is 1. The maximum absolute atomic E-state index is 8.00. The number of nitrogens with zero attached hydrogens (tertiary/aromatic N) is 2. The third-order valence-electron chi connectivity index (χ3n) is 0.692. The highest BCUT2D eigenvalue weighted by Gasteiger charge is 1.83. The average molecular weight is 127 g/mol. The Labute approximate surface area is 54.1 Å². The number of nitrogens with one attached hydrogen (secondary N) is 1. The minimum absolute atomic E-state index is 0.0346. The van der Waals surface area contributed by atoms with Crippen molar-refractivity contribution in [3.8, 4) is 6.07 Å². The van der Waals surface area contributed by atoms with E-state index in [1.807, 2.05) is 6.07 Å². The molecule has 0 saturated carbocycles. The van der Waals surface area contributed by atoms with Gasteiger partial charge in [-0.1, -0.05) is 0 Å². The van der Waals surface area contributed by atoms with E-state index in [2.05, 4.69) is 15.3 Å². The van der Waals surface area contributed by atoms with Gasteiger partial charge in [-0.05, 0) is 6.92 Å². The molecule has 0 bridgehead atoms. The molecule has 0 radical (unpaired) electrons. The molecule has 4 heteroatoms. The SMILES string of the molecule is CN=C(C)NOCC#N. The summed E-state index contributed by atoms with van der Waals surface area (Å²) in [7, 11) is 1.64. The number of amidine groups is 1. The number of hydrogen-bond donors (Lipinski definition) is 1. The van der Waals surface area contributed by atoms with Crippen molar-refractivity contribution in [3.63, 3.8) is 0 Å². The highest BCUT2D eigenvalue weighted by Crippen LogP contribution is 1.68. The monoisotopic (exact) mass is 127 g/mol. The Kier molecular flexibility index (Phi) is 4.46. The Balaban J connectivity index is 3.20. The van der Waals surface area contributed by atoms with Gasteiger partial charge in [-0.3, -0.25) is 15.3 Å². The molecule has 0 unspecified atom stereocenters. The quantitative estimate of drug-likeness (QED) is 0.247. The molecular formula is C5H9N3O. The summed E-state index contributed by atoms with van der Waals surface area (Å²) in [6.45, 7) is 1.78. The molecular weight excluding hydrogens is 118 g/mol. The van der Waals surface area contributed by atoms with E-state index in [-0.39, 0.29) is 6.61 Å². The first-order valence-electron chi connectivity index (χ1n) is 2.49. The van der Waals surface area contributed by atoms with Gasteiger partial charge in [0.05, 0.1) is 6.07 Å². The van der Waals surface area contributed by atoms with Gasteiger partial charge >= 0.3 is 0 Å². The Morgan fingerprint density at radius 1 is 1.89 bits per heavy atom. The zero-order valence-corrected chi connectivity index (χ0v) is 5.51. The lowest BCUT2D eigenvalue weighted by atomic mass is 10.7. The van der Waals surface area contributed by atoms with Crippen LogP contribution in [0.3, 0.4) is 0 Å². The fourth-order valence-corrected chi connectivity index (χ4v) is 0.218. The lowest BCUT2D eigenvalue weighted by Crippen LogP contribution is -2.20. The van der Waals surface area contributed by atoms with Crippen LogP contribution in [0.2, 0.25) is 0 Å². The molecule has 50 valence electrons. The first-order chi connectivity index (χ1) is 4.31. The van der Waals surface area contributed by atoms with E-state index < -0.39 is 0 Å². The highest BCUT2D eigenvalue weighted by molar-refractivity contribution is 5.78. The molecule has 0 heterocycles. The van der Waals surface area contributed by atoms with Crippen LogP contribution in [-0.2, 0) is 4.84 Å². The minimum Gasteiger partial charge on any atom is -0.274 e. The summed E-state index contributed by atoms with van der Waals surface area (Å²) in [5, 5.41) is 8.00. The topological polar surface area (TPSA) is 57.4 Å². The van der Waals surface area contributed by atoms with E-state index in [9.17, 15) is 0 Å². The van der Waals surface area contributed by atoms with Gasteiger partial charge in [0.1, 0.15) is 5.84 Å². The van der Waals surface area contributed by atoms with Gasteiger partial charge in [-0.15, -0.1) is 0 Å². The van der Waals surface area contributed by atoms with Gasteiger partial charge < -0.3 is 0 Å². The summed E-state index contributed by atoms with van der Waals surface area (Å²) in [5.74, 6) is 0.658. The minimum atomic E-state index is 0.0346. The molecule has 0 amide bonds. The van der Waals surface area contributed by atoms with Crippen LogP contribution in [0.25, 0.3) is 0 Å². The Bertz CT molecular complexity index is 136. The van der Waals surface area contributed by atoms with Crippen molar-refractivity contribution in [2.24, 2.45) is 4.99 Å². The lowest BCUT2D eigenvalue weighted by Gasteiger charge is -1.99. The molecule has 1 N–H and O–H groups in total. The molecule has 0 fully saturated rings. The molecule has 0 atom stereocenters. The maximum atomic E-state index is 8.00. The molecule has 0 aliphatic carbocycles. The van der Waals surface area contributed by atoms with Crippen molar-refractivity contribution >= 4 is 5.84 Å². The first kappa shape index (κ1) is 7.92. The molecule has 0 aliphatic heterocycles. The van der Waals surface area contributed by atoms with E-state index in [4.69, 9.17) is 5.26 Å². The number of hydroxylamine groups is 1. The molecule has 0 saturated heterocycles. The van der Waals surface area contributed by atoms with E-state index in [1.165, 1.54) is 0 Å². The van der Waals surface area contributed by atoms with Crippen LogP contribution < -0.4 is 5.48 Å². The van der Waals surface area contributed by atoms with Crippen LogP contribution in [-0.4, -0.2) is 19.5 Å². The van der Waals surface area contributed by atoms with Crippen molar-refractivity contribution in [1.29, 1.82) is 5.26 Å². The summed E-state index contributed by atoms with van der Waals surface area (Å²) in [6.07, 6.45) is 0. The summed E-state index contributed by atoms with van der Waals surface area (Å²) < 4.78 is 0. The molecule has 9 heavy (non-hydrogen) atoms. The second-order valence-corrected chi connectivity index (χ2v) is 1.36. The molecule has 0 aromatic carbocycles. The normalized spacial score (nSPS) is 10.6. The van der Waals surface area contributed by atoms with Crippen molar-refractivity contribution in [3.05, 3.63) is 0 Å². The average Bonchev–Trinajstić information content (AvgIpc) is 1.89. The first-order valence-corrected chi connectivity index (χ1v) is 2.49. The third-order valence-corrected chi connectivity index (χ3v) is 0.692. The maximum Gasteiger partial charge on any atom is 0.161 e. The van der Waals surface area contributed by atoms with Crippen LogP contribution in [0.1, 0.15) is 6.92 Å². The predicted octanol–water partition coefficient (Wildman–Crippen LogP) is 0.0794. The third kappa shape index (κ3) is 4.78. The zero-order valence-electron chi connectivity index (χ0n) is 5.51. The molecule has 0 rings (SSSR count). The van der Waals surface area contributed by atoms with Crippen LogP contribution >= 0.6 is 0 Å². The standard InChI is InChI=1S/C5H9N3O/c1-5(7-2)8-9-4-3-6/h4H2,1-2H3,(H,7,8). The van der Waals surface area contributed by atoms with Crippen LogP contribution in [0.5, 0.6) is 0 Å². The Morgan fingerprint density at radius 3 is 3.00 bits per heavy atom. The largest absolute Gasteiger partial charge is 0.274 e. The van der Waals surface area contributed by atoms with E-state index in [1.54, 1.807) is 14.0 Å². The van der Waals surface area contributed by atoms with Gasteiger partial charge in [0.15, 0.2) is 6.61 Å². The molecule has 0 aromatic heterocycles. The summed E-state index contributed by atoms with van der Waals surface area (Å²) in [6, 6.07) is 1.81. The number of hydrogen-bond acceptors (Lipinski definition) is 3. The number of aliphatic imine (C=N–C) groups is 1. The highest BCUT2D eigenvalue weighted by atomic mass is 16.6. The van der Waals surface area contributed by atoms with Gasteiger partial charge in [0.2, 0.25) is 0 Å². The Morgan fingerprint density at radius 2 is 2.56 bits per heavy atom. The van der Waals surface area contributed by atoms with Gasteiger partial charge in [-0.2, -0.15) is 5.26 Å². The van der Waals surface area contributed by atoms with Gasteiger partial charge in [0.25, 0.3) is 0 Å². The van der Waals surface area contributed by atoms with E-state index in [0.29, 0.717) is 5.84 Å². The smallest absolute Gasteiger partial charge is 0.161 e. The van der Waals surface area contributed by atoms with Crippen molar-refractivity contribution in [2.75, 3.05) is 13.7 Å². The molecule has 0 aliphatic rings. The molecule has 0 aromatic rings. The fourth-order valence-electron chi connectivity index (χ4n) is 0.218.